The van der Waals surface area contributed by atoms with Crippen LogP contribution in [0.25, 0.3) is 6.08 Å². The van der Waals surface area contributed by atoms with Gasteiger partial charge in [-0.15, -0.1) is 0 Å². The van der Waals surface area contributed by atoms with Gasteiger partial charge in [0.05, 0.1) is 11.5 Å². The number of rotatable bonds is 6. The Kier molecular flexibility index (Phi) is 5.20. The molecule has 2 aromatic rings. The van der Waals surface area contributed by atoms with E-state index in [9.17, 15) is 8.42 Å². The second-order valence-electron chi connectivity index (χ2n) is 5.91. The number of nitrogens with one attached hydrogen (secondary N) is 1. The lowest BCUT2D eigenvalue weighted by molar-refractivity contribution is 0.210. The van der Waals surface area contributed by atoms with Gasteiger partial charge in [-0.05, 0) is 61.6 Å². The molecule has 4 nitrogen and oxygen atoms in total. The molecule has 126 valence electrons. The summed E-state index contributed by atoms with van der Waals surface area (Å²) in [5, 5.41) is 1.17. The first-order chi connectivity index (χ1) is 11.6. The van der Waals surface area contributed by atoms with Crippen molar-refractivity contribution in [3.8, 4) is 5.75 Å². The van der Waals surface area contributed by atoms with Gasteiger partial charge in [-0.1, -0.05) is 30.3 Å². The SMILES string of the molecule is O=S(=O)(/C=C/c1ccccc1)Nc1ccc(OC2CCCC2)cc1. The molecule has 0 atom stereocenters. The number of ether oxygens (including phenoxy) is 1. The van der Waals surface area contributed by atoms with Crippen LogP contribution in [0.1, 0.15) is 31.2 Å². The number of benzene rings is 2. The standard InChI is InChI=1S/C19H21NO3S/c21-24(22,15-14-16-6-2-1-3-7-16)20-17-10-12-19(13-11-17)23-18-8-4-5-9-18/h1-3,6-7,10-15,18,20H,4-5,8-9H2/b15-14+. The van der Waals surface area contributed by atoms with Crippen molar-refractivity contribution in [2.45, 2.75) is 31.8 Å². The Morgan fingerprint density at radius 1 is 0.958 bits per heavy atom. The molecule has 1 aliphatic carbocycles. The fourth-order valence-corrected chi connectivity index (χ4v) is 3.60. The summed E-state index contributed by atoms with van der Waals surface area (Å²) in [6.45, 7) is 0. The smallest absolute Gasteiger partial charge is 0.255 e. The Morgan fingerprint density at radius 3 is 2.29 bits per heavy atom. The first-order valence-electron chi connectivity index (χ1n) is 8.13. The minimum Gasteiger partial charge on any atom is -0.490 e. The average molecular weight is 343 g/mol. The minimum absolute atomic E-state index is 0.293. The van der Waals surface area contributed by atoms with Crippen LogP contribution in [0.4, 0.5) is 5.69 Å². The average Bonchev–Trinajstić information content (AvgIpc) is 3.09. The third-order valence-corrected chi connectivity index (χ3v) is 4.97. The lowest BCUT2D eigenvalue weighted by Gasteiger charge is -2.13. The maximum absolute atomic E-state index is 12.1. The van der Waals surface area contributed by atoms with Gasteiger partial charge < -0.3 is 4.74 Å². The van der Waals surface area contributed by atoms with Gasteiger partial charge in [-0.3, -0.25) is 4.72 Å². The molecule has 2 aromatic carbocycles. The van der Waals surface area contributed by atoms with Gasteiger partial charge in [0.2, 0.25) is 0 Å². The molecule has 1 fully saturated rings. The first kappa shape index (κ1) is 16.6. The van der Waals surface area contributed by atoms with Crippen molar-refractivity contribution in [2.75, 3.05) is 4.72 Å². The molecule has 1 aliphatic rings. The quantitative estimate of drug-likeness (QED) is 0.844. The highest BCUT2D eigenvalue weighted by molar-refractivity contribution is 7.95. The van der Waals surface area contributed by atoms with Gasteiger partial charge in [-0.25, -0.2) is 8.42 Å². The van der Waals surface area contributed by atoms with Crippen molar-refractivity contribution in [2.24, 2.45) is 0 Å². The molecule has 1 N–H and O–H groups in total. The lowest BCUT2D eigenvalue weighted by Crippen LogP contribution is -2.11. The molecular formula is C19H21NO3S. The molecule has 0 radical (unpaired) electrons. The van der Waals surface area contributed by atoms with Gasteiger partial charge in [0.25, 0.3) is 10.0 Å². The van der Waals surface area contributed by atoms with Crippen LogP contribution in [-0.4, -0.2) is 14.5 Å². The first-order valence-corrected chi connectivity index (χ1v) is 9.68. The highest BCUT2D eigenvalue weighted by Crippen LogP contribution is 2.25. The summed E-state index contributed by atoms with van der Waals surface area (Å²) >= 11 is 0. The zero-order valence-corrected chi connectivity index (χ0v) is 14.2. The van der Waals surface area contributed by atoms with Crippen LogP contribution in [0.3, 0.4) is 0 Å². The Hall–Kier alpha value is -2.27. The van der Waals surface area contributed by atoms with Crippen LogP contribution < -0.4 is 9.46 Å². The molecule has 1 saturated carbocycles. The molecule has 0 unspecified atom stereocenters. The third-order valence-electron chi connectivity index (χ3n) is 3.96. The van der Waals surface area contributed by atoms with Gasteiger partial charge >= 0.3 is 0 Å². The van der Waals surface area contributed by atoms with E-state index in [4.69, 9.17) is 4.74 Å². The van der Waals surface area contributed by atoms with E-state index < -0.39 is 10.0 Å². The maximum atomic E-state index is 12.1. The zero-order chi connectivity index (χ0) is 16.8. The van der Waals surface area contributed by atoms with E-state index in [1.54, 1.807) is 30.3 Å². The van der Waals surface area contributed by atoms with Crippen LogP contribution >= 0.6 is 0 Å². The van der Waals surface area contributed by atoms with E-state index in [1.165, 1.54) is 18.2 Å². The molecule has 0 aromatic heterocycles. The number of sulfonamides is 1. The number of anilines is 1. The van der Waals surface area contributed by atoms with Crippen LogP contribution in [-0.2, 0) is 10.0 Å². The van der Waals surface area contributed by atoms with E-state index in [2.05, 4.69) is 4.72 Å². The molecule has 0 bridgehead atoms. The van der Waals surface area contributed by atoms with E-state index in [1.807, 2.05) is 30.3 Å². The second-order valence-corrected chi connectivity index (χ2v) is 7.48. The van der Waals surface area contributed by atoms with E-state index in [-0.39, 0.29) is 0 Å². The summed E-state index contributed by atoms with van der Waals surface area (Å²) in [7, 11) is -3.54. The molecular weight excluding hydrogens is 322 g/mol. The highest BCUT2D eigenvalue weighted by Gasteiger charge is 2.16. The van der Waals surface area contributed by atoms with Crippen molar-refractivity contribution in [3.63, 3.8) is 0 Å². The van der Waals surface area contributed by atoms with Gasteiger partial charge in [-0.2, -0.15) is 0 Å². The molecule has 0 amide bonds. The minimum atomic E-state index is -3.54. The zero-order valence-electron chi connectivity index (χ0n) is 13.4. The van der Waals surface area contributed by atoms with Crippen LogP contribution in [0.5, 0.6) is 5.75 Å². The Bertz CT molecular complexity index is 777. The van der Waals surface area contributed by atoms with Gasteiger partial charge in [0.1, 0.15) is 5.75 Å². The molecule has 0 heterocycles. The largest absolute Gasteiger partial charge is 0.490 e. The Balaban J connectivity index is 1.61. The fourth-order valence-electron chi connectivity index (χ4n) is 2.73. The molecule has 0 saturated heterocycles. The third kappa shape index (κ3) is 4.86. The normalized spacial score (nSPS) is 15.7. The molecule has 0 aliphatic heterocycles. The molecule has 24 heavy (non-hydrogen) atoms. The monoisotopic (exact) mass is 343 g/mol. The van der Waals surface area contributed by atoms with Crippen molar-refractivity contribution < 1.29 is 13.2 Å². The van der Waals surface area contributed by atoms with Gasteiger partial charge in [0, 0.05) is 5.69 Å². The van der Waals surface area contributed by atoms with E-state index >= 15 is 0 Å². The second kappa shape index (κ2) is 7.53. The van der Waals surface area contributed by atoms with Crippen LogP contribution in [0.2, 0.25) is 0 Å². The van der Waals surface area contributed by atoms with E-state index in [0.717, 1.165) is 24.2 Å². The topological polar surface area (TPSA) is 55.4 Å². The molecule has 5 heteroatoms. The fraction of sp³-hybridized carbons (Fsp3) is 0.263. The highest BCUT2D eigenvalue weighted by atomic mass is 32.2. The van der Waals surface area contributed by atoms with Crippen LogP contribution in [0, 0.1) is 0 Å². The molecule has 0 spiro atoms. The summed E-state index contributed by atoms with van der Waals surface area (Å²) in [6, 6.07) is 16.4. The van der Waals surface area contributed by atoms with Gasteiger partial charge in [0.15, 0.2) is 0 Å². The Labute approximate surface area is 143 Å². The summed E-state index contributed by atoms with van der Waals surface area (Å²) < 4.78 is 32.6. The Morgan fingerprint density at radius 2 is 1.62 bits per heavy atom. The number of hydrogen-bond acceptors (Lipinski definition) is 3. The van der Waals surface area contributed by atoms with Crippen molar-refractivity contribution in [1.82, 2.24) is 0 Å². The molecule has 3 rings (SSSR count). The number of hydrogen-bond donors (Lipinski definition) is 1. The summed E-state index contributed by atoms with van der Waals surface area (Å²) in [4.78, 5) is 0. The predicted octanol–water partition coefficient (Wildman–Crippen LogP) is 4.42. The van der Waals surface area contributed by atoms with Crippen LogP contribution in [0.15, 0.2) is 60.0 Å². The lowest BCUT2D eigenvalue weighted by atomic mass is 10.2. The van der Waals surface area contributed by atoms with Crippen molar-refractivity contribution >= 4 is 21.8 Å². The maximum Gasteiger partial charge on any atom is 0.255 e. The van der Waals surface area contributed by atoms with Crippen molar-refractivity contribution in [1.29, 1.82) is 0 Å². The predicted molar refractivity (Wildman–Crippen MR) is 97.3 cm³/mol. The van der Waals surface area contributed by atoms with E-state index in [0.29, 0.717) is 11.8 Å². The summed E-state index contributed by atoms with van der Waals surface area (Å²) in [5.41, 5.74) is 1.36. The summed E-state index contributed by atoms with van der Waals surface area (Å²) in [6.07, 6.45) is 6.49. The van der Waals surface area contributed by atoms with Crippen molar-refractivity contribution in [3.05, 3.63) is 65.6 Å². The summed E-state index contributed by atoms with van der Waals surface area (Å²) in [5.74, 6) is 0.782.